The van der Waals surface area contributed by atoms with Gasteiger partial charge in [-0.1, -0.05) is 13.3 Å². The van der Waals surface area contributed by atoms with E-state index in [0.717, 1.165) is 23.9 Å². The van der Waals surface area contributed by atoms with E-state index in [0.29, 0.717) is 6.10 Å². The number of rotatable bonds is 6. The fourth-order valence-electron chi connectivity index (χ4n) is 2.91. The van der Waals surface area contributed by atoms with Gasteiger partial charge in [0.25, 0.3) is 0 Å². The van der Waals surface area contributed by atoms with Gasteiger partial charge in [-0.3, -0.25) is 0 Å². The molecular weight excluding hydrogens is 218 g/mol. The van der Waals surface area contributed by atoms with Crippen molar-refractivity contribution in [1.82, 2.24) is 5.32 Å². The Kier molecular flexibility index (Phi) is 4.98. The topological polar surface area (TPSA) is 21.3 Å². The van der Waals surface area contributed by atoms with E-state index in [2.05, 4.69) is 30.9 Å². The Labute approximate surface area is 104 Å². The molecule has 2 fully saturated rings. The first-order valence-corrected chi connectivity index (χ1v) is 7.87. The molecule has 0 radical (unpaired) electrons. The van der Waals surface area contributed by atoms with E-state index in [1.165, 1.54) is 37.9 Å². The maximum absolute atomic E-state index is 5.60. The van der Waals surface area contributed by atoms with Crippen molar-refractivity contribution in [2.24, 2.45) is 0 Å². The van der Waals surface area contributed by atoms with Gasteiger partial charge in [-0.05, 0) is 38.4 Å². The summed E-state index contributed by atoms with van der Waals surface area (Å²) in [5.41, 5.74) is 0. The predicted molar refractivity (Wildman–Crippen MR) is 71.1 cm³/mol. The first-order valence-electron chi connectivity index (χ1n) is 6.82. The lowest BCUT2D eigenvalue weighted by Gasteiger charge is -2.38. The summed E-state index contributed by atoms with van der Waals surface area (Å²) in [5.74, 6) is 1.26. The summed E-state index contributed by atoms with van der Waals surface area (Å²) >= 11 is 2.14. The van der Waals surface area contributed by atoms with Gasteiger partial charge in [0.05, 0.1) is 6.10 Å². The maximum Gasteiger partial charge on any atom is 0.0604 e. The van der Waals surface area contributed by atoms with Crippen molar-refractivity contribution in [3.05, 3.63) is 0 Å². The monoisotopic (exact) mass is 243 g/mol. The van der Waals surface area contributed by atoms with Gasteiger partial charge < -0.3 is 10.1 Å². The van der Waals surface area contributed by atoms with Gasteiger partial charge in [0.1, 0.15) is 0 Å². The Morgan fingerprint density at radius 1 is 1.25 bits per heavy atom. The number of hydrogen-bond donors (Lipinski definition) is 1. The Morgan fingerprint density at radius 2 is 2.06 bits per heavy atom. The lowest BCUT2D eigenvalue weighted by atomic mass is 9.88. The molecule has 0 aromatic rings. The van der Waals surface area contributed by atoms with Gasteiger partial charge in [0.15, 0.2) is 0 Å². The molecule has 0 aliphatic heterocycles. The van der Waals surface area contributed by atoms with E-state index in [1.54, 1.807) is 0 Å². The molecule has 0 saturated heterocycles. The van der Waals surface area contributed by atoms with Crippen LogP contribution >= 0.6 is 11.8 Å². The van der Waals surface area contributed by atoms with E-state index in [4.69, 9.17) is 4.74 Å². The molecule has 94 valence electrons. The van der Waals surface area contributed by atoms with E-state index < -0.39 is 0 Å². The number of nitrogens with one attached hydrogen (secondary N) is 1. The molecule has 0 aromatic heterocycles. The highest BCUT2D eigenvalue weighted by molar-refractivity contribution is 7.99. The molecule has 2 nitrogen and oxygen atoms in total. The third-order valence-corrected chi connectivity index (χ3v) is 5.11. The molecule has 3 heteroatoms. The lowest BCUT2D eigenvalue weighted by molar-refractivity contribution is -0.0120. The van der Waals surface area contributed by atoms with Gasteiger partial charge in [-0.2, -0.15) is 11.8 Å². The fourth-order valence-corrected chi connectivity index (χ4v) is 4.11. The van der Waals surface area contributed by atoms with Gasteiger partial charge in [0.2, 0.25) is 0 Å². The third-order valence-electron chi connectivity index (χ3n) is 3.78. The van der Waals surface area contributed by atoms with Crippen LogP contribution in [-0.2, 0) is 4.74 Å². The molecule has 2 aliphatic carbocycles. The largest absolute Gasteiger partial charge is 0.378 e. The zero-order chi connectivity index (χ0) is 11.4. The summed E-state index contributed by atoms with van der Waals surface area (Å²) in [5, 5.41) is 4.71. The van der Waals surface area contributed by atoms with E-state index >= 15 is 0 Å². The van der Waals surface area contributed by atoms with Crippen LogP contribution in [0.1, 0.15) is 46.0 Å². The van der Waals surface area contributed by atoms with Crippen LogP contribution in [0.25, 0.3) is 0 Å². The molecule has 2 atom stereocenters. The maximum atomic E-state index is 5.60. The molecule has 0 aromatic carbocycles. The van der Waals surface area contributed by atoms with E-state index in [9.17, 15) is 0 Å². The molecule has 1 N–H and O–H groups in total. The molecule has 0 amide bonds. The van der Waals surface area contributed by atoms with Crippen LogP contribution in [0.15, 0.2) is 0 Å². The van der Waals surface area contributed by atoms with Gasteiger partial charge in [0, 0.05) is 23.9 Å². The predicted octanol–water partition coefficient (Wildman–Crippen LogP) is 2.82. The molecule has 16 heavy (non-hydrogen) atoms. The minimum atomic E-state index is 0.543. The van der Waals surface area contributed by atoms with Gasteiger partial charge >= 0.3 is 0 Å². The second-order valence-corrected chi connectivity index (χ2v) is 6.46. The summed E-state index contributed by atoms with van der Waals surface area (Å²) in [6.45, 7) is 5.23. The Bertz CT molecular complexity index is 206. The SMILES string of the molecule is CCOC1CC(NC2CCCC2SCC)C1. The molecule has 0 bridgehead atoms. The molecule has 2 rings (SSSR count). The van der Waals surface area contributed by atoms with Crippen LogP contribution < -0.4 is 5.32 Å². The van der Waals surface area contributed by atoms with Crippen molar-refractivity contribution >= 4 is 11.8 Å². The zero-order valence-electron chi connectivity index (χ0n) is 10.6. The third kappa shape index (κ3) is 3.14. The second kappa shape index (κ2) is 6.27. The van der Waals surface area contributed by atoms with Crippen molar-refractivity contribution in [3.8, 4) is 0 Å². The minimum Gasteiger partial charge on any atom is -0.378 e. The first kappa shape index (κ1) is 12.7. The first-order chi connectivity index (χ1) is 7.83. The van der Waals surface area contributed by atoms with E-state index in [-0.39, 0.29) is 0 Å². The highest BCUT2D eigenvalue weighted by atomic mass is 32.2. The quantitative estimate of drug-likeness (QED) is 0.775. The van der Waals surface area contributed by atoms with Gasteiger partial charge in [-0.15, -0.1) is 0 Å². The molecule has 2 aliphatic rings. The van der Waals surface area contributed by atoms with Crippen molar-refractivity contribution in [3.63, 3.8) is 0 Å². The van der Waals surface area contributed by atoms with Crippen LogP contribution in [0, 0.1) is 0 Å². The standard InChI is InChI=1S/C13H25NOS/c1-3-15-11-8-10(9-11)14-12-6-5-7-13(12)16-4-2/h10-14H,3-9H2,1-2H3. The Balaban J connectivity index is 1.66. The summed E-state index contributed by atoms with van der Waals surface area (Å²) < 4.78 is 5.60. The Hall–Kier alpha value is 0.270. The lowest BCUT2D eigenvalue weighted by Crippen LogP contribution is -2.51. The Morgan fingerprint density at radius 3 is 2.75 bits per heavy atom. The summed E-state index contributed by atoms with van der Waals surface area (Å²) in [6.07, 6.45) is 7.21. The van der Waals surface area contributed by atoms with Crippen LogP contribution in [0.4, 0.5) is 0 Å². The highest BCUT2D eigenvalue weighted by Gasteiger charge is 2.34. The molecular formula is C13H25NOS. The summed E-state index contributed by atoms with van der Waals surface area (Å²) in [4.78, 5) is 0. The smallest absolute Gasteiger partial charge is 0.0604 e. The average molecular weight is 243 g/mol. The van der Waals surface area contributed by atoms with Gasteiger partial charge in [-0.25, -0.2) is 0 Å². The minimum absolute atomic E-state index is 0.543. The fraction of sp³-hybridized carbons (Fsp3) is 1.00. The van der Waals surface area contributed by atoms with Crippen molar-refractivity contribution in [2.45, 2.75) is 69.4 Å². The second-order valence-electron chi connectivity index (χ2n) is 4.94. The van der Waals surface area contributed by atoms with Crippen LogP contribution in [-0.4, -0.2) is 35.8 Å². The summed E-state index contributed by atoms with van der Waals surface area (Å²) in [7, 11) is 0. The van der Waals surface area contributed by atoms with Crippen molar-refractivity contribution < 1.29 is 4.74 Å². The normalized spacial score (nSPS) is 38.6. The highest BCUT2D eigenvalue weighted by Crippen LogP contribution is 2.32. The zero-order valence-corrected chi connectivity index (χ0v) is 11.4. The molecule has 2 unspecified atom stereocenters. The molecule has 0 heterocycles. The van der Waals surface area contributed by atoms with Crippen LogP contribution in [0.2, 0.25) is 0 Å². The number of hydrogen-bond acceptors (Lipinski definition) is 3. The van der Waals surface area contributed by atoms with Crippen molar-refractivity contribution in [2.75, 3.05) is 12.4 Å². The molecule has 0 spiro atoms. The number of thioether (sulfide) groups is 1. The average Bonchev–Trinajstić information content (AvgIpc) is 2.63. The molecule has 2 saturated carbocycles. The van der Waals surface area contributed by atoms with E-state index in [1.807, 2.05) is 0 Å². The van der Waals surface area contributed by atoms with Crippen LogP contribution in [0.3, 0.4) is 0 Å². The summed E-state index contributed by atoms with van der Waals surface area (Å²) in [6, 6.07) is 1.51. The van der Waals surface area contributed by atoms with Crippen molar-refractivity contribution in [1.29, 1.82) is 0 Å². The number of ether oxygens (including phenoxy) is 1. The van der Waals surface area contributed by atoms with Crippen LogP contribution in [0.5, 0.6) is 0 Å².